The molecule has 0 aliphatic carbocycles. The van der Waals surface area contributed by atoms with Crippen LogP contribution in [0, 0.1) is 0 Å². The van der Waals surface area contributed by atoms with E-state index in [0.29, 0.717) is 11.5 Å². The lowest BCUT2D eigenvalue weighted by Gasteiger charge is -2.29. The van der Waals surface area contributed by atoms with Crippen molar-refractivity contribution >= 4 is 11.6 Å². The molecule has 3 rings (SSSR count). The SMILES string of the molecule is CC(CN1CCCCC1)c1ccccc1NC(=O)c1ccccc1. The molecule has 1 aliphatic heterocycles. The molecular formula is C21H26N2O. The van der Waals surface area contributed by atoms with Gasteiger partial charge in [-0.15, -0.1) is 0 Å². The maximum atomic E-state index is 12.5. The monoisotopic (exact) mass is 322 g/mol. The minimum absolute atomic E-state index is 0.0479. The highest BCUT2D eigenvalue weighted by Crippen LogP contribution is 2.26. The lowest BCUT2D eigenvalue weighted by molar-refractivity contribution is 0.102. The number of hydrogen-bond acceptors (Lipinski definition) is 2. The van der Waals surface area contributed by atoms with Gasteiger partial charge in [-0.2, -0.15) is 0 Å². The van der Waals surface area contributed by atoms with Crippen LogP contribution in [0.1, 0.15) is 48.0 Å². The zero-order valence-corrected chi connectivity index (χ0v) is 14.4. The van der Waals surface area contributed by atoms with Gasteiger partial charge in [0.2, 0.25) is 0 Å². The highest BCUT2D eigenvalue weighted by atomic mass is 16.1. The first-order chi connectivity index (χ1) is 11.7. The summed E-state index contributed by atoms with van der Waals surface area (Å²) in [4.78, 5) is 15.0. The van der Waals surface area contributed by atoms with Crippen molar-refractivity contribution in [2.45, 2.75) is 32.1 Å². The van der Waals surface area contributed by atoms with Gasteiger partial charge in [0.15, 0.2) is 0 Å². The Bertz CT molecular complexity index is 663. The average molecular weight is 322 g/mol. The Morgan fingerprint density at radius 2 is 1.67 bits per heavy atom. The molecule has 1 fully saturated rings. The Morgan fingerprint density at radius 3 is 2.42 bits per heavy atom. The summed E-state index contributed by atoms with van der Waals surface area (Å²) in [6, 6.07) is 17.6. The van der Waals surface area contributed by atoms with E-state index in [1.807, 2.05) is 42.5 Å². The Hall–Kier alpha value is -2.13. The van der Waals surface area contributed by atoms with Crippen LogP contribution >= 0.6 is 0 Å². The molecule has 2 aromatic rings. The lowest BCUT2D eigenvalue weighted by atomic mass is 9.97. The molecular weight excluding hydrogens is 296 g/mol. The normalized spacial score (nSPS) is 16.5. The minimum Gasteiger partial charge on any atom is -0.322 e. The van der Waals surface area contributed by atoms with E-state index in [9.17, 15) is 4.79 Å². The van der Waals surface area contributed by atoms with Crippen LogP contribution in [0.2, 0.25) is 0 Å². The van der Waals surface area contributed by atoms with E-state index in [2.05, 4.69) is 29.3 Å². The second-order valence-electron chi connectivity index (χ2n) is 6.67. The van der Waals surface area contributed by atoms with E-state index < -0.39 is 0 Å². The fourth-order valence-corrected chi connectivity index (χ4v) is 3.45. The van der Waals surface area contributed by atoms with Crippen LogP contribution in [0.15, 0.2) is 54.6 Å². The van der Waals surface area contributed by atoms with Gasteiger partial charge < -0.3 is 10.2 Å². The number of amides is 1. The Kier molecular flexibility index (Phi) is 5.65. The Morgan fingerprint density at radius 1 is 1.00 bits per heavy atom. The summed E-state index contributed by atoms with van der Waals surface area (Å²) >= 11 is 0. The molecule has 0 aromatic heterocycles. The number of carbonyl (C=O) groups excluding carboxylic acids is 1. The van der Waals surface area contributed by atoms with Crippen LogP contribution in [0.25, 0.3) is 0 Å². The average Bonchev–Trinajstić information content (AvgIpc) is 2.63. The first-order valence-electron chi connectivity index (χ1n) is 8.92. The topological polar surface area (TPSA) is 32.3 Å². The van der Waals surface area contributed by atoms with E-state index in [4.69, 9.17) is 0 Å². The molecule has 126 valence electrons. The van der Waals surface area contributed by atoms with Gasteiger partial charge in [-0.3, -0.25) is 4.79 Å². The summed E-state index contributed by atoms with van der Waals surface area (Å²) in [5.41, 5.74) is 2.83. The molecule has 0 saturated carbocycles. The molecule has 3 heteroatoms. The summed E-state index contributed by atoms with van der Waals surface area (Å²) in [6.07, 6.45) is 3.97. The van der Waals surface area contributed by atoms with Crippen LogP contribution in [-0.4, -0.2) is 30.4 Å². The fraction of sp³-hybridized carbons (Fsp3) is 0.381. The van der Waals surface area contributed by atoms with Gasteiger partial charge in [-0.05, 0) is 55.6 Å². The number of likely N-dealkylation sites (tertiary alicyclic amines) is 1. The fourth-order valence-electron chi connectivity index (χ4n) is 3.45. The number of para-hydroxylation sites is 1. The summed E-state index contributed by atoms with van der Waals surface area (Å²) in [5, 5.41) is 3.09. The molecule has 1 amide bonds. The number of carbonyl (C=O) groups is 1. The number of piperidine rings is 1. The molecule has 1 heterocycles. The zero-order chi connectivity index (χ0) is 16.8. The first-order valence-corrected chi connectivity index (χ1v) is 8.92. The predicted octanol–water partition coefficient (Wildman–Crippen LogP) is 4.53. The molecule has 1 unspecified atom stereocenters. The second kappa shape index (κ2) is 8.11. The molecule has 0 radical (unpaired) electrons. The number of benzene rings is 2. The smallest absolute Gasteiger partial charge is 0.255 e. The largest absolute Gasteiger partial charge is 0.322 e. The van der Waals surface area contributed by atoms with E-state index in [1.165, 1.54) is 37.9 Å². The molecule has 1 N–H and O–H groups in total. The standard InChI is InChI=1S/C21H26N2O/c1-17(16-23-14-8-3-9-15-23)19-12-6-7-13-20(19)22-21(24)18-10-4-2-5-11-18/h2,4-7,10-13,17H,3,8-9,14-16H2,1H3,(H,22,24). The van der Waals surface area contributed by atoms with Crippen molar-refractivity contribution in [2.75, 3.05) is 25.0 Å². The molecule has 0 bridgehead atoms. The molecule has 2 aromatic carbocycles. The van der Waals surface area contributed by atoms with Gasteiger partial charge in [0.1, 0.15) is 0 Å². The maximum absolute atomic E-state index is 12.5. The van der Waals surface area contributed by atoms with Gasteiger partial charge in [0.25, 0.3) is 5.91 Å². The van der Waals surface area contributed by atoms with Gasteiger partial charge in [-0.1, -0.05) is 49.7 Å². The summed E-state index contributed by atoms with van der Waals surface area (Å²) in [5.74, 6) is 0.351. The number of anilines is 1. The molecule has 0 spiro atoms. The molecule has 1 saturated heterocycles. The first kappa shape index (κ1) is 16.7. The quantitative estimate of drug-likeness (QED) is 0.877. The van der Waals surface area contributed by atoms with Crippen LogP contribution in [0.5, 0.6) is 0 Å². The predicted molar refractivity (Wildman–Crippen MR) is 99.5 cm³/mol. The van der Waals surface area contributed by atoms with E-state index in [0.717, 1.165) is 12.2 Å². The number of rotatable bonds is 5. The van der Waals surface area contributed by atoms with Gasteiger partial charge >= 0.3 is 0 Å². The highest BCUT2D eigenvalue weighted by molar-refractivity contribution is 6.04. The van der Waals surface area contributed by atoms with Crippen molar-refractivity contribution in [2.24, 2.45) is 0 Å². The van der Waals surface area contributed by atoms with Crippen LogP contribution < -0.4 is 5.32 Å². The van der Waals surface area contributed by atoms with Crippen molar-refractivity contribution in [3.8, 4) is 0 Å². The zero-order valence-electron chi connectivity index (χ0n) is 14.4. The van der Waals surface area contributed by atoms with Crippen LogP contribution in [-0.2, 0) is 0 Å². The van der Waals surface area contributed by atoms with Crippen LogP contribution in [0.4, 0.5) is 5.69 Å². The number of nitrogens with zero attached hydrogens (tertiary/aromatic N) is 1. The van der Waals surface area contributed by atoms with Gasteiger partial charge in [0, 0.05) is 17.8 Å². The van der Waals surface area contributed by atoms with Crippen LogP contribution in [0.3, 0.4) is 0 Å². The van der Waals surface area contributed by atoms with E-state index in [1.54, 1.807) is 0 Å². The minimum atomic E-state index is -0.0479. The number of hydrogen-bond donors (Lipinski definition) is 1. The third-order valence-corrected chi connectivity index (χ3v) is 4.76. The highest BCUT2D eigenvalue weighted by Gasteiger charge is 2.17. The summed E-state index contributed by atoms with van der Waals surface area (Å²) < 4.78 is 0. The summed E-state index contributed by atoms with van der Waals surface area (Å²) in [7, 11) is 0. The molecule has 1 atom stereocenters. The maximum Gasteiger partial charge on any atom is 0.255 e. The molecule has 24 heavy (non-hydrogen) atoms. The van der Waals surface area contributed by atoms with Gasteiger partial charge in [0.05, 0.1) is 0 Å². The van der Waals surface area contributed by atoms with Gasteiger partial charge in [-0.25, -0.2) is 0 Å². The summed E-state index contributed by atoms with van der Waals surface area (Å²) in [6.45, 7) is 5.70. The van der Waals surface area contributed by atoms with E-state index in [-0.39, 0.29) is 5.91 Å². The lowest BCUT2D eigenvalue weighted by Crippen LogP contribution is -2.33. The Balaban J connectivity index is 1.71. The third kappa shape index (κ3) is 4.24. The van der Waals surface area contributed by atoms with Crippen molar-refractivity contribution < 1.29 is 4.79 Å². The number of nitrogens with one attached hydrogen (secondary N) is 1. The molecule has 3 nitrogen and oxygen atoms in total. The van der Waals surface area contributed by atoms with Crippen molar-refractivity contribution in [1.82, 2.24) is 4.90 Å². The third-order valence-electron chi connectivity index (χ3n) is 4.76. The molecule has 1 aliphatic rings. The second-order valence-corrected chi connectivity index (χ2v) is 6.67. The van der Waals surface area contributed by atoms with Crippen molar-refractivity contribution in [3.05, 3.63) is 65.7 Å². The van der Waals surface area contributed by atoms with Crippen molar-refractivity contribution in [1.29, 1.82) is 0 Å². The van der Waals surface area contributed by atoms with Crippen molar-refractivity contribution in [3.63, 3.8) is 0 Å². The van der Waals surface area contributed by atoms with E-state index >= 15 is 0 Å². The Labute approximate surface area is 144 Å².